The van der Waals surface area contributed by atoms with Crippen LogP contribution in [0.15, 0.2) is 47.6 Å². The van der Waals surface area contributed by atoms with E-state index in [2.05, 4.69) is 0 Å². The van der Waals surface area contributed by atoms with E-state index in [1.165, 1.54) is 5.01 Å². The lowest BCUT2D eigenvalue weighted by molar-refractivity contribution is -0.144. The molecule has 2 aromatic rings. The molecular formula is C28H34ClN3O5. The second kappa shape index (κ2) is 12.4. The van der Waals surface area contributed by atoms with Crippen molar-refractivity contribution in [2.75, 3.05) is 41.0 Å². The number of carbonyl (C=O) groups excluding carboxylic acids is 2. The molecule has 0 saturated heterocycles. The number of rotatable bonds is 10. The van der Waals surface area contributed by atoms with Crippen LogP contribution in [0.25, 0.3) is 0 Å². The zero-order valence-electron chi connectivity index (χ0n) is 21.6. The van der Waals surface area contributed by atoms with Gasteiger partial charge in [-0.2, -0.15) is 5.10 Å². The molecule has 37 heavy (non-hydrogen) atoms. The molecule has 1 atom stereocenters. The molecule has 2 aliphatic rings. The minimum absolute atomic E-state index is 0.00733. The molecule has 0 N–H and O–H groups in total. The van der Waals surface area contributed by atoms with Gasteiger partial charge in [0.05, 0.1) is 32.6 Å². The fraction of sp³-hybridized carbons (Fsp3) is 0.464. The van der Waals surface area contributed by atoms with Crippen LogP contribution in [-0.2, 0) is 14.3 Å². The second-order valence-corrected chi connectivity index (χ2v) is 9.73. The van der Waals surface area contributed by atoms with Crippen LogP contribution < -0.4 is 9.47 Å². The summed E-state index contributed by atoms with van der Waals surface area (Å²) in [6.45, 7) is 0.618. The standard InChI is InChI=1S/C28H34ClN3O5/c1-35-15-14-31(28(34)19-8-4-5-9-19)18-27(33)32-25(22-16-20(36-2)12-13-26(22)37-3)17-24(30-32)21-10-6-7-11-23(21)29/h6-7,10-13,16,19,25H,4-5,8-9,14-15,17-18H2,1-3H3. The fourth-order valence-corrected chi connectivity index (χ4v) is 5.32. The predicted molar refractivity (Wildman–Crippen MR) is 142 cm³/mol. The number of hydrazone groups is 1. The van der Waals surface area contributed by atoms with Crippen molar-refractivity contribution in [3.8, 4) is 11.5 Å². The second-order valence-electron chi connectivity index (χ2n) is 9.33. The lowest BCUT2D eigenvalue weighted by atomic mass is 9.97. The number of ether oxygens (including phenoxy) is 3. The van der Waals surface area contributed by atoms with Crippen molar-refractivity contribution in [1.82, 2.24) is 9.91 Å². The Morgan fingerprint density at radius 1 is 1.08 bits per heavy atom. The first kappa shape index (κ1) is 26.9. The zero-order valence-corrected chi connectivity index (χ0v) is 22.4. The topological polar surface area (TPSA) is 80.7 Å². The molecule has 0 aromatic heterocycles. The van der Waals surface area contributed by atoms with Crippen molar-refractivity contribution >= 4 is 29.1 Å². The van der Waals surface area contributed by atoms with Crippen LogP contribution in [0, 0.1) is 5.92 Å². The molecule has 1 saturated carbocycles. The monoisotopic (exact) mass is 527 g/mol. The van der Waals surface area contributed by atoms with E-state index in [1.54, 1.807) is 32.3 Å². The van der Waals surface area contributed by atoms with Crippen molar-refractivity contribution in [2.45, 2.75) is 38.1 Å². The van der Waals surface area contributed by atoms with Gasteiger partial charge in [0.15, 0.2) is 0 Å². The molecule has 198 valence electrons. The maximum atomic E-state index is 13.8. The van der Waals surface area contributed by atoms with Crippen LogP contribution in [-0.4, -0.2) is 68.5 Å². The highest BCUT2D eigenvalue weighted by molar-refractivity contribution is 6.34. The summed E-state index contributed by atoms with van der Waals surface area (Å²) in [5.74, 6) is 0.956. The van der Waals surface area contributed by atoms with Crippen LogP contribution in [0.4, 0.5) is 0 Å². The molecule has 0 radical (unpaired) electrons. The predicted octanol–water partition coefficient (Wildman–Crippen LogP) is 4.70. The average Bonchev–Trinajstić information content (AvgIpc) is 3.61. The van der Waals surface area contributed by atoms with Crippen molar-refractivity contribution < 1.29 is 23.8 Å². The Bertz CT molecular complexity index is 1150. The van der Waals surface area contributed by atoms with Gasteiger partial charge in [0, 0.05) is 42.1 Å². The quantitative estimate of drug-likeness (QED) is 0.447. The fourth-order valence-electron chi connectivity index (χ4n) is 5.08. The van der Waals surface area contributed by atoms with E-state index in [-0.39, 0.29) is 24.3 Å². The molecular weight excluding hydrogens is 494 g/mol. The first-order valence-electron chi connectivity index (χ1n) is 12.6. The summed E-state index contributed by atoms with van der Waals surface area (Å²) in [4.78, 5) is 28.7. The van der Waals surface area contributed by atoms with Crippen LogP contribution in [0.5, 0.6) is 11.5 Å². The average molecular weight is 528 g/mol. The molecule has 2 amide bonds. The summed E-state index contributed by atoms with van der Waals surface area (Å²) >= 11 is 6.49. The summed E-state index contributed by atoms with van der Waals surface area (Å²) in [5, 5.41) is 6.78. The third-order valence-corrected chi connectivity index (χ3v) is 7.38. The van der Waals surface area contributed by atoms with E-state index >= 15 is 0 Å². The van der Waals surface area contributed by atoms with E-state index in [0.717, 1.165) is 36.8 Å². The number of benzene rings is 2. The van der Waals surface area contributed by atoms with Crippen molar-refractivity contribution in [3.63, 3.8) is 0 Å². The minimum atomic E-state index is -0.449. The summed E-state index contributed by atoms with van der Waals surface area (Å²) < 4.78 is 16.3. The Kier molecular flexibility index (Phi) is 9.05. The number of halogens is 1. The van der Waals surface area contributed by atoms with Gasteiger partial charge in [0.25, 0.3) is 5.91 Å². The smallest absolute Gasteiger partial charge is 0.262 e. The number of hydrogen-bond acceptors (Lipinski definition) is 6. The molecule has 0 bridgehead atoms. The number of carbonyl (C=O) groups is 2. The van der Waals surface area contributed by atoms with Gasteiger partial charge in [-0.15, -0.1) is 0 Å². The molecule has 9 heteroatoms. The highest BCUT2D eigenvalue weighted by Gasteiger charge is 2.37. The van der Waals surface area contributed by atoms with Gasteiger partial charge in [0.1, 0.15) is 18.0 Å². The molecule has 1 unspecified atom stereocenters. The Balaban J connectivity index is 1.68. The highest BCUT2D eigenvalue weighted by Crippen LogP contribution is 2.40. The maximum Gasteiger partial charge on any atom is 0.262 e. The summed E-state index contributed by atoms with van der Waals surface area (Å²) in [5.41, 5.74) is 2.23. The Morgan fingerprint density at radius 3 is 2.51 bits per heavy atom. The lowest BCUT2D eigenvalue weighted by Crippen LogP contribution is -2.44. The first-order valence-corrected chi connectivity index (χ1v) is 13.0. The van der Waals surface area contributed by atoms with Crippen molar-refractivity contribution in [1.29, 1.82) is 0 Å². The maximum absolute atomic E-state index is 13.8. The van der Waals surface area contributed by atoms with Crippen molar-refractivity contribution in [2.24, 2.45) is 11.0 Å². The zero-order chi connectivity index (χ0) is 26.4. The van der Waals surface area contributed by atoms with E-state index in [4.69, 9.17) is 30.9 Å². The summed E-state index contributed by atoms with van der Waals surface area (Å²) in [7, 11) is 4.78. The molecule has 2 aromatic carbocycles. The van der Waals surface area contributed by atoms with E-state index in [1.807, 2.05) is 36.4 Å². The van der Waals surface area contributed by atoms with E-state index < -0.39 is 6.04 Å². The van der Waals surface area contributed by atoms with Gasteiger partial charge in [-0.05, 0) is 37.1 Å². The Hall–Kier alpha value is -3.10. The molecule has 1 aliphatic heterocycles. The van der Waals surface area contributed by atoms with Crippen LogP contribution in [0.3, 0.4) is 0 Å². The van der Waals surface area contributed by atoms with Crippen LogP contribution >= 0.6 is 11.6 Å². The molecule has 0 spiro atoms. The third kappa shape index (κ3) is 6.08. The largest absolute Gasteiger partial charge is 0.497 e. The number of nitrogens with zero attached hydrogens (tertiary/aromatic N) is 3. The summed E-state index contributed by atoms with van der Waals surface area (Å²) in [6, 6.07) is 12.5. The Labute approximate surface area is 223 Å². The van der Waals surface area contributed by atoms with Gasteiger partial charge >= 0.3 is 0 Å². The first-order chi connectivity index (χ1) is 18.0. The van der Waals surface area contributed by atoms with Gasteiger partial charge in [-0.1, -0.05) is 42.6 Å². The molecule has 8 nitrogen and oxygen atoms in total. The minimum Gasteiger partial charge on any atom is -0.497 e. The van der Waals surface area contributed by atoms with Crippen LogP contribution in [0.2, 0.25) is 5.02 Å². The molecule has 4 rings (SSSR count). The van der Waals surface area contributed by atoms with Gasteiger partial charge in [-0.25, -0.2) is 5.01 Å². The van der Waals surface area contributed by atoms with Gasteiger partial charge < -0.3 is 19.1 Å². The number of methoxy groups -OCH3 is 3. The van der Waals surface area contributed by atoms with Gasteiger partial charge in [0.2, 0.25) is 5.91 Å². The van der Waals surface area contributed by atoms with Crippen LogP contribution in [0.1, 0.15) is 49.3 Å². The van der Waals surface area contributed by atoms with Crippen molar-refractivity contribution in [3.05, 3.63) is 58.6 Å². The van der Waals surface area contributed by atoms with E-state index in [9.17, 15) is 9.59 Å². The normalized spacial score (nSPS) is 17.6. The number of amides is 2. The number of hydrogen-bond donors (Lipinski definition) is 0. The van der Waals surface area contributed by atoms with E-state index in [0.29, 0.717) is 41.8 Å². The molecule has 1 fully saturated rings. The Morgan fingerprint density at radius 2 is 1.84 bits per heavy atom. The highest BCUT2D eigenvalue weighted by atomic mass is 35.5. The molecule has 1 heterocycles. The lowest BCUT2D eigenvalue weighted by Gasteiger charge is -2.29. The van der Waals surface area contributed by atoms with Gasteiger partial charge in [-0.3, -0.25) is 9.59 Å². The third-order valence-electron chi connectivity index (χ3n) is 7.05. The SMILES string of the molecule is COCCN(CC(=O)N1N=C(c2ccccc2Cl)CC1c1cc(OC)ccc1OC)C(=O)C1CCCC1. The summed E-state index contributed by atoms with van der Waals surface area (Å²) in [6.07, 6.45) is 4.24. The molecule has 1 aliphatic carbocycles.